The van der Waals surface area contributed by atoms with Gasteiger partial charge in [0.05, 0.1) is 12.9 Å². The number of ether oxygens (including phenoxy) is 3. The van der Waals surface area contributed by atoms with Crippen LogP contribution in [-0.2, 0) is 14.2 Å². The van der Waals surface area contributed by atoms with Crippen molar-refractivity contribution in [2.45, 2.75) is 44.2 Å². The molecule has 166 valence electrons. The maximum absolute atomic E-state index is 14.4. The number of aliphatic hydroxyl groups is 1. The molecule has 4 atom stereocenters. The Bertz CT molecular complexity index is 1320. The van der Waals surface area contributed by atoms with E-state index in [4.69, 9.17) is 19.0 Å². The fourth-order valence-electron chi connectivity index (χ4n) is 4.14. The standard InChI is InChI=1S/C19H18FN7O5/c1-19(2)30-13-11(7-28)29-17(14(13)31-19)26-8-21-12-15(26)22-18(20)23-16(12)32-27-10-6-4-3-5-9(10)24-25-27/h3-6,8,11,13-14,17,28H,7H2,1-2H3/t11-,13-,14-,17-/m1/s1. The molecule has 2 saturated heterocycles. The number of benzene rings is 1. The highest BCUT2D eigenvalue weighted by molar-refractivity contribution is 5.77. The monoisotopic (exact) mass is 443 g/mol. The molecule has 0 spiro atoms. The van der Waals surface area contributed by atoms with Crippen LogP contribution in [-0.4, -0.2) is 70.5 Å². The zero-order chi connectivity index (χ0) is 22.0. The van der Waals surface area contributed by atoms with E-state index in [0.29, 0.717) is 11.0 Å². The van der Waals surface area contributed by atoms with Gasteiger partial charge >= 0.3 is 6.08 Å². The third-order valence-electron chi connectivity index (χ3n) is 5.44. The normalized spacial score (nSPS) is 26.8. The highest BCUT2D eigenvalue weighted by Gasteiger charge is 2.56. The molecule has 0 radical (unpaired) electrons. The van der Waals surface area contributed by atoms with Gasteiger partial charge in [-0.1, -0.05) is 17.0 Å². The summed E-state index contributed by atoms with van der Waals surface area (Å²) in [6.45, 7) is 3.29. The first-order chi connectivity index (χ1) is 15.4. The number of aromatic nitrogens is 7. The van der Waals surface area contributed by atoms with Crippen LogP contribution in [0.25, 0.3) is 22.2 Å². The van der Waals surface area contributed by atoms with Crippen molar-refractivity contribution in [2.24, 2.45) is 0 Å². The van der Waals surface area contributed by atoms with Crippen molar-refractivity contribution < 1.29 is 28.5 Å². The lowest BCUT2D eigenvalue weighted by Crippen LogP contribution is -2.31. The van der Waals surface area contributed by atoms with Crippen molar-refractivity contribution in [3.8, 4) is 5.88 Å². The van der Waals surface area contributed by atoms with Gasteiger partial charge in [0, 0.05) is 0 Å². The summed E-state index contributed by atoms with van der Waals surface area (Å²) in [6.07, 6.45) is -2.01. The molecule has 3 aromatic heterocycles. The van der Waals surface area contributed by atoms with E-state index in [2.05, 4.69) is 25.3 Å². The summed E-state index contributed by atoms with van der Waals surface area (Å²) in [5.41, 5.74) is 1.50. The topological polar surface area (TPSA) is 131 Å². The van der Waals surface area contributed by atoms with Crippen LogP contribution in [0.3, 0.4) is 0 Å². The van der Waals surface area contributed by atoms with Crippen LogP contribution in [0.1, 0.15) is 20.1 Å². The molecule has 1 aromatic carbocycles. The zero-order valence-corrected chi connectivity index (χ0v) is 17.0. The molecular formula is C19H18FN7O5. The van der Waals surface area contributed by atoms with E-state index in [9.17, 15) is 9.50 Å². The SMILES string of the molecule is CC1(C)O[C@@H]2[C@H](O1)[C@@H](CO)O[C@H]2n1cnc2c(On3nnc4ccccc43)nc(F)nc21. The van der Waals surface area contributed by atoms with Crippen molar-refractivity contribution in [3.63, 3.8) is 0 Å². The largest absolute Gasteiger partial charge is 0.394 e. The predicted molar refractivity (Wildman–Crippen MR) is 104 cm³/mol. The Morgan fingerprint density at radius 3 is 2.84 bits per heavy atom. The molecule has 12 nitrogen and oxygen atoms in total. The molecule has 13 heteroatoms. The number of nitrogens with zero attached hydrogens (tertiary/aromatic N) is 7. The molecule has 32 heavy (non-hydrogen) atoms. The summed E-state index contributed by atoms with van der Waals surface area (Å²) >= 11 is 0. The van der Waals surface area contributed by atoms with Crippen molar-refractivity contribution in [1.82, 2.24) is 34.7 Å². The van der Waals surface area contributed by atoms with Crippen LogP contribution in [0.4, 0.5) is 4.39 Å². The first-order valence-electron chi connectivity index (χ1n) is 9.94. The van der Waals surface area contributed by atoms with Crippen LogP contribution in [0.15, 0.2) is 30.6 Å². The quantitative estimate of drug-likeness (QED) is 0.455. The first-order valence-corrected chi connectivity index (χ1v) is 9.94. The third kappa shape index (κ3) is 2.93. The Morgan fingerprint density at radius 1 is 1.19 bits per heavy atom. The minimum atomic E-state index is -1.02. The Morgan fingerprint density at radius 2 is 2.00 bits per heavy atom. The number of hydrogen-bond donors (Lipinski definition) is 1. The highest BCUT2D eigenvalue weighted by Crippen LogP contribution is 2.43. The smallest absolute Gasteiger partial charge is 0.314 e. The molecule has 0 amide bonds. The molecular weight excluding hydrogens is 425 g/mol. The van der Waals surface area contributed by atoms with Gasteiger partial charge in [-0.3, -0.25) is 4.57 Å². The second kappa shape index (κ2) is 6.87. The van der Waals surface area contributed by atoms with E-state index in [1.54, 1.807) is 32.0 Å². The summed E-state index contributed by atoms with van der Waals surface area (Å²) in [6, 6.07) is 7.14. The van der Waals surface area contributed by atoms with Crippen molar-refractivity contribution in [1.29, 1.82) is 0 Å². The second-order valence-corrected chi connectivity index (χ2v) is 7.98. The van der Waals surface area contributed by atoms with Crippen LogP contribution in [0.5, 0.6) is 5.88 Å². The van der Waals surface area contributed by atoms with Crippen molar-refractivity contribution in [2.75, 3.05) is 6.61 Å². The van der Waals surface area contributed by atoms with E-state index in [1.165, 1.54) is 10.9 Å². The molecule has 0 saturated carbocycles. The average molecular weight is 443 g/mol. The molecule has 2 fully saturated rings. The Kier molecular flexibility index (Phi) is 4.17. The summed E-state index contributed by atoms with van der Waals surface area (Å²) in [4.78, 5) is 18.8. The average Bonchev–Trinajstić information content (AvgIpc) is 3.50. The second-order valence-electron chi connectivity index (χ2n) is 7.98. The number of hydrogen-bond acceptors (Lipinski definition) is 10. The summed E-state index contributed by atoms with van der Waals surface area (Å²) in [5, 5.41) is 17.7. The van der Waals surface area contributed by atoms with Crippen LogP contribution < -0.4 is 4.84 Å². The Balaban J connectivity index is 1.41. The van der Waals surface area contributed by atoms with Gasteiger partial charge in [0.1, 0.15) is 29.3 Å². The molecule has 0 unspecified atom stereocenters. The number of fused-ring (bicyclic) bond motifs is 3. The minimum Gasteiger partial charge on any atom is -0.394 e. The van der Waals surface area contributed by atoms with Crippen molar-refractivity contribution >= 4 is 22.2 Å². The number of rotatable bonds is 4. The lowest BCUT2D eigenvalue weighted by Gasteiger charge is -2.24. The molecule has 4 aromatic rings. The molecule has 5 heterocycles. The van der Waals surface area contributed by atoms with Gasteiger partial charge in [-0.15, -0.1) is 5.10 Å². The van der Waals surface area contributed by atoms with Gasteiger partial charge in [-0.2, -0.15) is 14.4 Å². The number of para-hydroxylation sites is 1. The van der Waals surface area contributed by atoms with Gasteiger partial charge in [0.15, 0.2) is 23.2 Å². The maximum Gasteiger partial charge on any atom is 0.314 e. The number of imidazole rings is 1. The number of aliphatic hydroxyl groups excluding tert-OH is 1. The number of halogens is 1. The molecule has 2 aliphatic heterocycles. The molecule has 0 bridgehead atoms. The summed E-state index contributed by atoms with van der Waals surface area (Å²) in [5.74, 6) is -0.997. The summed E-state index contributed by atoms with van der Waals surface area (Å²) < 4.78 is 33.7. The van der Waals surface area contributed by atoms with Crippen LogP contribution in [0.2, 0.25) is 0 Å². The molecule has 1 N–H and O–H groups in total. The maximum atomic E-state index is 14.4. The van der Waals surface area contributed by atoms with Gasteiger partial charge in [0.2, 0.25) is 0 Å². The van der Waals surface area contributed by atoms with Gasteiger partial charge in [-0.25, -0.2) is 4.98 Å². The fourth-order valence-corrected chi connectivity index (χ4v) is 4.14. The lowest BCUT2D eigenvalue weighted by atomic mass is 10.1. The molecule has 0 aliphatic carbocycles. The zero-order valence-electron chi connectivity index (χ0n) is 17.0. The van der Waals surface area contributed by atoms with Crippen LogP contribution >= 0.6 is 0 Å². The van der Waals surface area contributed by atoms with E-state index in [-0.39, 0.29) is 23.7 Å². The first kappa shape index (κ1) is 19.4. The van der Waals surface area contributed by atoms with Crippen LogP contribution in [0, 0.1) is 6.08 Å². The van der Waals surface area contributed by atoms with E-state index in [1.807, 2.05) is 6.07 Å². The van der Waals surface area contributed by atoms with E-state index < -0.39 is 36.4 Å². The minimum absolute atomic E-state index is 0.132. The Hall–Kier alpha value is -3.26. The predicted octanol–water partition coefficient (Wildman–Crippen LogP) is 0.962. The Labute approximate surface area is 179 Å². The lowest BCUT2D eigenvalue weighted by molar-refractivity contribution is -0.199. The highest BCUT2D eigenvalue weighted by atomic mass is 19.1. The van der Waals surface area contributed by atoms with Gasteiger partial charge in [0.25, 0.3) is 5.88 Å². The van der Waals surface area contributed by atoms with E-state index >= 15 is 0 Å². The van der Waals surface area contributed by atoms with E-state index in [0.717, 1.165) is 4.85 Å². The fraction of sp³-hybridized carbons (Fsp3) is 0.421. The van der Waals surface area contributed by atoms with Crippen molar-refractivity contribution in [3.05, 3.63) is 36.7 Å². The summed E-state index contributed by atoms with van der Waals surface area (Å²) in [7, 11) is 0. The molecule has 6 rings (SSSR count). The van der Waals surface area contributed by atoms with Gasteiger partial charge in [-0.05, 0) is 31.2 Å². The molecule has 2 aliphatic rings. The van der Waals surface area contributed by atoms with Gasteiger partial charge < -0.3 is 24.2 Å². The third-order valence-corrected chi connectivity index (χ3v) is 5.44.